The maximum absolute atomic E-state index is 11.6. The van der Waals surface area contributed by atoms with Gasteiger partial charge < -0.3 is 10.4 Å². The summed E-state index contributed by atoms with van der Waals surface area (Å²) in [6.07, 6.45) is 5.08. The molecule has 0 aromatic carbocycles. The summed E-state index contributed by atoms with van der Waals surface area (Å²) < 4.78 is 0. The summed E-state index contributed by atoms with van der Waals surface area (Å²) in [6, 6.07) is 0. The Morgan fingerprint density at radius 3 is 2.79 bits per heavy atom. The van der Waals surface area contributed by atoms with Crippen LogP contribution in [0, 0.1) is 11.8 Å². The van der Waals surface area contributed by atoms with Crippen LogP contribution in [-0.4, -0.2) is 24.2 Å². The molecule has 0 bridgehead atoms. The molecule has 3 heteroatoms. The lowest BCUT2D eigenvalue weighted by Gasteiger charge is -2.14. The van der Waals surface area contributed by atoms with Gasteiger partial charge in [-0.2, -0.15) is 0 Å². The Labute approximate surface area is 85.9 Å². The summed E-state index contributed by atoms with van der Waals surface area (Å²) in [5.74, 6) is 1.00. The molecular formula is C11H21NO2. The molecule has 1 aliphatic rings. The minimum Gasteiger partial charge on any atom is -0.396 e. The van der Waals surface area contributed by atoms with Crippen molar-refractivity contribution in [3.63, 3.8) is 0 Å². The molecule has 2 unspecified atom stereocenters. The number of amides is 1. The molecule has 0 heterocycles. The molecule has 1 amide bonds. The Balaban J connectivity index is 2.14. The molecule has 0 radical (unpaired) electrons. The average molecular weight is 199 g/mol. The van der Waals surface area contributed by atoms with Crippen LogP contribution in [0.25, 0.3) is 0 Å². The smallest absolute Gasteiger partial charge is 0.223 e. The SMILES string of the molecule is CC1CCCC1C(=O)NCCCCO. The highest BCUT2D eigenvalue weighted by molar-refractivity contribution is 5.79. The van der Waals surface area contributed by atoms with E-state index in [1.807, 2.05) is 0 Å². The van der Waals surface area contributed by atoms with Gasteiger partial charge >= 0.3 is 0 Å². The number of rotatable bonds is 5. The van der Waals surface area contributed by atoms with Crippen molar-refractivity contribution in [3.8, 4) is 0 Å². The number of carbonyl (C=O) groups excluding carboxylic acids is 1. The maximum Gasteiger partial charge on any atom is 0.223 e. The van der Waals surface area contributed by atoms with E-state index in [1.54, 1.807) is 0 Å². The number of hydrogen-bond donors (Lipinski definition) is 2. The van der Waals surface area contributed by atoms with Gasteiger partial charge in [0.25, 0.3) is 0 Å². The second-order valence-electron chi connectivity index (χ2n) is 4.24. The van der Waals surface area contributed by atoms with Crippen LogP contribution < -0.4 is 5.32 Å². The second kappa shape index (κ2) is 6.02. The van der Waals surface area contributed by atoms with Crippen LogP contribution in [0.2, 0.25) is 0 Å². The highest BCUT2D eigenvalue weighted by Crippen LogP contribution is 2.30. The zero-order valence-electron chi connectivity index (χ0n) is 8.96. The summed E-state index contributed by atoms with van der Waals surface area (Å²) in [5.41, 5.74) is 0. The fourth-order valence-corrected chi connectivity index (χ4v) is 2.11. The highest BCUT2D eigenvalue weighted by Gasteiger charge is 2.29. The molecule has 1 saturated carbocycles. The molecule has 82 valence electrons. The molecule has 0 spiro atoms. The number of aliphatic hydroxyl groups excluding tert-OH is 1. The quantitative estimate of drug-likeness (QED) is 0.656. The minimum atomic E-state index is 0.216. The molecule has 1 aliphatic carbocycles. The molecule has 0 aliphatic heterocycles. The topological polar surface area (TPSA) is 49.3 Å². The highest BCUT2D eigenvalue weighted by atomic mass is 16.2. The molecule has 0 aromatic rings. The third-order valence-electron chi connectivity index (χ3n) is 3.08. The first-order valence-electron chi connectivity index (χ1n) is 5.64. The summed E-state index contributed by atoms with van der Waals surface area (Å²) in [7, 11) is 0. The largest absolute Gasteiger partial charge is 0.396 e. The van der Waals surface area contributed by atoms with E-state index < -0.39 is 0 Å². The first-order valence-corrected chi connectivity index (χ1v) is 5.64. The summed E-state index contributed by atoms with van der Waals surface area (Å²) in [6.45, 7) is 3.09. The number of carbonyl (C=O) groups is 1. The minimum absolute atomic E-state index is 0.216. The van der Waals surface area contributed by atoms with E-state index in [2.05, 4.69) is 12.2 Å². The Kier molecular flexibility index (Phi) is 4.94. The van der Waals surface area contributed by atoms with E-state index in [0.29, 0.717) is 12.5 Å². The zero-order valence-corrected chi connectivity index (χ0v) is 8.96. The van der Waals surface area contributed by atoms with Crippen molar-refractivity contribution in [2.75, 3.05) is 13.2 Å². The van der Waals surface area contributed by atoms with Crippen LogP contribution in [0.15, 0.2) is 0 Å². The van der Waals surface area contributed by atoms with Crippen LogP contribution in [0.5, 0.6) is 0 Å². The summed E-state index contributed by atoms with van der Waals surface area (Å²) >= 11 is 0. The van der Waals surface area contributed by atoms with E-state index in [0.717, 1.165) is 19.3 Å². The Morgan fingerprint density at radius 2 is 2.21 bits per heavy atom. The maximum atomic E-state index is 11.6. The lowest BCUT2D eigenvalue weighted by Crippen LogP contribution is -2.32. The number of aliphatic hydroxyl groups is 1. The van der Waals surface area contributed by atoms with E-state index in [4.69, 9.17) is 5.11 Å². The standard InChI is InChI=1S/C11H21NO2/c1-9-5-4-6-10(9)11(14)12-7-2-3-8-13/h9-10,13H,2-8H2,1H3,(H,12,14). The predicted octanol–water partition coefficient (Wildman–Crippen LogP) is 1.31. The van der Waals surface area contributed by atoms with Crippen molar-refractivity contribution < 1.29 is 9.90 Å². The normalized spacial score (nSPS) is 26.4. The van der Waals surface area contributed by atoms with E-state index in [-0.39, 0.29) is 18.4 Å². The van der Waals surface area contributed by atoms with E-state index >= 15 is 0 Å². The fourth-order valence-electron chi connectivity index (χ4n) is 2.11. The van der Waals surface area contributed by atoms with Crippen molar-refractivity contribution in [2.45, 2.75) is 39.0 Å². The van der Waals surface area contributed by atoms with Crippen molar-refractivity contribution in [3.05, 3.63) is 0 Å². The number of unbranched alkanes of at least 4 members (excludes halogenated alkanes) is 1. The van der Waals surface area contributed by atoms with Gasteiger partial charge in [-0.1, -0.05) is 13.3 Å². The van der Waals surface area contributed by atoms with Crippen LogP contribution in [0.4, 0.5) is 0 Å². The number of hydrogen-bond acceptors (Lipinski definition) is 2. The van der Waals surface area contributed by atoms with Crippen LogP contribution in [0.1, 0.15) is 39.0 Å². The average Bonchev–Trinajstić information content (AvgIpc) is 2.59. The molecule has 1 rings (SSSR count). The van der Waals surface area contributed by atoms with Crippen LogP contribution in [-0.2, 0) is 4.79 Å². The van der Waals surface area contributed by atoms with E-state index in [1.165, 1.54) is 12.8 Å². The summed E-state index contributed by atoms with van der Waals surface area (Å²) in [5, 5.41) is 11.5. The van der Waals surface area contributed by atoms with E-state index in [9.17, 15) is 4.79 Å². The van der Waals surface area contributed by atoms with Gasteiger partial charge in [0.05, 0.1) is 0 Å². The molecule has 2 atom stereocenters. The van der Waals surface area contributed by atoms with Crippen LogP contribution in [0.3, 0.4) is 0 Å². The monoisotopic (exact) mass is 199 g/mol. The molecule has 1 fully saturated rings. The van der Waals surface area contributed by atoms with Gasteiger partial charge in [0, 0.05) is 19.1 Å². The van der Waals surface area contributed by atoms with Gasteiger partial charge in [-0.3, -0.25) is 4.79 Å². The molecule has 3 nitrogen and oxygen atoms in total. The molecule has 0 saturated heterocycles. The molecule has 14 heavy (non-hydrogen) atoms. The summed E-state index contributed by atoms with van der Waals surface area (Å²) in [4.78, 5) is 11.6. The van der Waals surface area contributed by atoms with Gasteiger partial charge in [0.2, 0.25) is 5.91 Å². The second-order valence-corrected chi connectivity index (χ2v) is 4.24. The fraction of sp³-hybridized carbons (Fsp3) is 0.909. The predicted molar refractivity (Wildman–Crippen MR) is 55.8 cm³/mol. The first-order chi connectivity index (χ1) is 6.75. The van der Waals surface area contributed by atoms with Crippen LogP contribution >= 0.6 is 0 Å². The lowest BCUT2D eigenvalue weighted by atomic mass is 9.97. The Hall–Kier alpha value is -0.570. The molecule has 2 N–H and O–H groups in total. The van der Waals surface area contributed by atoms with Gasteiger partial charge in [0.15, 0.2) is 0 Å². The molecular weight excluding hydrogens is 178 g/mol. The number of nitrogens with one attached hydrogen (secondary N) is 1. The molecule has 0 aromatic heterocycles. The third kappa shape index (κ3) is 3.29. The lowest BCUT2D eigenvalue weighted by molar-refractivity contribution is -0.125. The van der Waals surface area contributed by atoms with Gasteiger partial charge in [-0.25, -0.2) is 0 Å². The third-order valence-corrected chi connectivity index (χ3v) is 3.08. The Bertz CT molecular complexity index is 182. The van der Waals surface area contributed by atoms with Gasteiger partial charge in [-0.15, -0.1) is 0 Å². The zero-order chi connectivity index (χ0) is 10.4. The van der Waals surface area contributed by atoms with Crippen molar-refractivity contribution in [2.24, 2.45) is 11.8 Å². The van der Waals surface area contributed by atoms with Crippen molar-refractivity contribution in [1.29, 1.82) is 0 Å². The Morgan fingerprint density at radius 1 is 1.43 bits per heavy atom. The van der Waals surface area contributed by atoms with Gasteiger partial charge in [-0.05, 0) is 31.6 Å². The van der Waals surface area contributed by atoms with Crippen molar-refractivity contribution in [1.82, 2.24) is 5.32 Å². The van der Waals surface area contributed by atoms with Crippen molar-refractivity contribution >= 4 is 5.91 Å². The van der Waals surface area contributed by atoms with Gasteiger partial charge in [0.1, 0.15) is 0 Å². The first kappa shape index (κ1) is 11.5.